The molecule has 1 aromatic heterocycles. The Bertz CT molecular complexity index is 377. The number of hydrogen-bond donors (Lipinski definition) is 2. The van der Waals surface area contributed by atoms with Crippen molar-refractivity contribution in [1.82, 2.24) is 9.97 Å². The van der Waals surface area contributed by atoms with Gasteiger partial charge in [-0.2, -0.15) is 4.98 Å². The summed E-state index contributed by atoms with van der Waals surface area (Å²) in [7, 11) is 1.66. The molecule has 0 atom stereocenters. The summed E-state index contributed by atoms with van der Waals surface area (Å²) in [5, 5.41) is 3.18. The molecule has 0 aliphatic rings. The molecule has 0 spiro atoms. The lowest BCUT2D eigenvalue weighted by Crippen LogP contribution is -2.10. The van der Waals surface area contributed by atoms with Gasteiger partial charge in [0.15, 0.2) is 5.82 Å². The molecule has 0 amide bonds. The zero-order chi connectivity index (χ0) is 14.6. The molecule has 1 heterocycles. The molecule has 0 aromatic carbocycles. The van der Waals surface area contributed by atoms with Gasteiger partial charge in [0.25, 0.3) is 0 Å². The first-order chi connectivity index (χ1) is 9.79. The number of hydrogen-bond acceptors (Lipinski definition) is 7. The van der Waals surface area contributed by atoms with Crippen LogP contribution >= 0.6 is 0 Å². The molecule has 7 heteroatoms. The van der Waals surface area contributed by atoms with Crippen LogP contribution in [0.25, 0.3) is 0 Å². The van der Waals surface area contributed by atoms with E-state index in [-0.39, 0.29) is 0 Å². The topological polar surface area (TPSA) is 91.5 Å². The first-order valence-corrected chi connectivity index (χ1v) is 6.83. The number of ether oxygens (including phenoxy) is 3. The normalized spacial score (nSPS) is 10.5. The molecule has 0 bridgehead atoms. The minimum Gasteiger partial charge on any atom is -0.476 e. The predicted molar refractivity (Wildman–Crippen MR) is 78.0 cm³/mol. The third kappa shape index (κ3) is 6.03. The van der Waals surface area contributed by atoms with Crippen molar-refractivity contribution in [1.29, 1.82) is 0 Å². The standard InChI is InChI=1S/C13H24N4O3/c1-3-20-13-11(14)12(16-10-17-13)15-6-4-5-7-19-9-8-18-2/h10H,3-9,14H2,1-2H3,(H,15,16,17). The molecule has 20 heavy (non-hydrogen) atoms. The zero-order valence-electron chi connectivity index (χ0n) is 12.2. The van der Waals surface area contributed by atoms with Gasteiger partial charge in [0.05, 0.1) is 19.8 Å². The summed E-state index contributed by atoms with van der Waals surface area (Å²) < 4.78 is 15.6. The molecule has 0 saturated heterocycles. The molecule has 1 aromatic rings. The van der Waals surface area contributed by atoms with E-state index in [0.717, 1.165) is 26.0 Å². The monoisotopic (exact) mass is 284 g/mol. The second-order valence-electron chi connectivity index (χ2n) is 4.11. The number of nitrogens with one attached hydrogen (secondary N) is 1. The highest BCUT2D eigenvalue weighted by Crippen LogP contribution is 2.24. The fourth-order valence-electron chi connectivity index (χ4n) is 1.55. The van der Waals surface area contributed by atoms with E-state index in [2.05, 4.69) is 15.3 Å². The van der Waals surface area contributed by atoms with Crippen LogP contribution in [0.15, 0.2) is 6.33 Å². The number of nitrogens with two attached hydrogens (primary N) is 1. The average Bonchev–Trinajstić information content (AvgIpc) is 2.45. The third-order valence-corrected chi connectivity index (χ3v) is 2.57. The minimum absolute atomic E-state index is 0.424. The number of nitrogens with zero attached hydrogens (tertiary/aromatic N) is 2. The average molecular weight is 284 g/mol. The summed E-state index contributed by atoms with van der Waals surface area (Å²) in [5.74, 6) is 1.04. The highest BCUT2D eigenvalue weighted by atomic mass is 16.5. The van der Waals surface area contributed by atoms with Gasteiger partial charge < -0.3 is 25.3 Å². The van der Waals surface area contributed by atoms with Gasteiger partial charge in [-0.15, -0.1) is 0 Å². The van der Waals surface area contributed by atoms with Crippen LogP contribution in [0, 0.1) is 0 Å². The Labute approximate surface area is 119 Å². The van der Waals surface area contributed by atoms with E-state index < -0.39 is 0 Å². The quantitative estimate of drug-likeness (QED) is 0.592. The van der Waals surface area contributed by atoms with Crippen LogP contribution in [0.4, 0.5) is 11.5 Å². The van der Waals surface area contributed by atoms with E-state index in [1.165, 1.54) is 6.33 Å². The van der Waals surface area contributed by atoms with Crippen molar-refractivity contribution in [2.75, 3.05) is 51.1 Å². The fourth-order valence-corrected chi connectivity index (χ4v) is 1.55. The van der Waals surface area contributed by atoms with Gasteiger partial charge in [0.1, 0.15) is 12.0 Å². The predicted octanol–water partition coefficient (Wildman–Crippen LogP) is 1.31. The van der Waals surface area contributed by atoms with Crippen LogP contribution < -0.4 is 15.8 Å². The van der Waals surface area contributed by atoms with E-state index in [0.29, 0.717) is 37.2 Å². The maximum absolute atomic E-state index is 5.91. The van der Waals surface area contributed by atoms with Crippen molar-refractivity contribution in [2.24, 2.45) is 0 Å². The molecule has 0 aliphatic heterocycles. The van der Waals surface area contributed by atoms with Crippen LogP contribution in [0.3, 0.4) is 0 Å². The first-order valence-electron chi connectivity index (χ1n) is 6.83. The largest absolute Gasteiger partial charge is 0.476 e. The second kappa shape index (κ2) is 10.2. The van der Waals surface area contributed by atoms with E-state index in [9.17, 15) is 0 Å². The summed E-state index contributed by atoms with van der Waals surface area (Å²) in [4.78, 5) is 8.09. The molecule has 0 fully saturated rings. The van der Waals surface area contributed by atoms with Crippen LogP contribution in [0.1, 0.15) is 19.8 Å². The van der Waals surface area contributed by atoms with Crippen molar-refractivity contribution in [3.05, 3.63) is 6.33 Å². The van der Waals surface area contributed by atoms with E-state index in [1.54, 1.807) is 7.11 Å². The van der Waals surface area contributed by atoms with Crippen molar-refractivity contribution in [3.8, 4) is 5.88 Å². The van der Waals surface area contributed by atoms with E-state index in [1.807, 2.05) is 6.92 Å². The molecule has 7 nitrogen and oxygen atoms in total. The Morgan fingerprint density at radius 3 is 2.80 bits per heavy atom. The van der Waals surface area contributed by atoms with E-state index in [4.69, 9.17) is 19.9 Å². The maximum Gasteiger partial charge on any atom is 0.242 e. The summed E-state index contributed by atoms with van der Waals surface area (Å²) in [6, 6.07) is 0. The molecular weight excluding hydrogens is 260 g/mol. The van der Waals surface area contributed by atoms with Gasteiger partial charge in [-0.1, -0.05) is 0 Å². The number of methoxy groups -OCH3 is 1. The van der Waals surface area contributed by atoms with Crippen molar-refractivity contribution in [2.45, 2.75) is 19.8 Å². The summed E-state index contributed by atoms with van der Waals surface area (Å²) in [5.41, 5.74) is 6.36. The SMILES string of the molecule is CCOc1ncnc(NCCCCOCCOC)c1N. The summed E-state index contributed by atoms with van der Waals surface area (Å²) >= 11 is 0. The van der Waals surface area contributed by atoms with Gasteiger partial charge in [-0.3, -0.25) is 0 Å². The Balaban J connectivity index is 2.20. The third-order valence-electron chi connectivity index (χ3n) is 2.57. The lowest BCUT2D eigenvalue weighted by atomic mass is 10.3. The van der Waals surface area contributed by atoms with Gasteiger partial charge in [0.2, 0.25) is 5.88 Å². The summed E-state index contributed by atoms with van der Waals surface area (Å²) in [6.07, 6.45) is 3.39. The number of unbranched alkanes of at least 4 members (excludes halogenated alkanes) is 1. The molecular formula is C13H24N4O3. The van der Waals surface area contributed by atoms with Gasteiger partial charge in [-0.05, 0) is 19.8 Å². The molecule has 0 aliphatic carbocycles. The number of rotatable bonds is 11. The molecule has 1 rings (SSSR count). The van der Waals surface area contributed by atoms with Crippen molar-refractivity contribution in [3.63, 3.8) is 0 Å². The number of nitrogen functional groups attached to an aromatic ring is 1. The highest BCUT2D eigenvalue weighted by Gasteiger charge is 2.07. The summed E-state index contributed by atoms with van der Waals surface area (Å²) in [6.45, 7) is 5.20. The fraction of sp³-hybridized carbons (Fsp3) is 0.692. The molecule has 114 valence electrons. The zero-order valence-corrected chi connectivity index (χ0v) is 12.2. The lowest BCUT2D eigenvalue weighted by Gasteiger charge is -2.11. The first kappa shape index (κ1) is 16.5. The van der Waals surface area contributed by atoms with Gasteiger partial charge in [-0.25, -0.2) is 4.98 Å². The Morgan fingerprint density at radius 1 is 1.20 bits per heavy atom. The van der Waals surface area contributed by atoms with Crippen LogP contribution in [-0.4, -0.2) is 50.1 Å². The van der Waals surface area contributed by atoms with Gasteiger partial charge >= 0.3 is 0 Å². The van der Waals surface area contributed by atoms with E-state index >= 15 is 0 Å². The maximum atomic E-state index is 5.91. The molecule has 0 radical (unpaired) electrons. The van der Waals surface area contributed by atoms with Crippen LogP contribution in [0.5, 0.6) is 5.88 Å². The van der Waals surface area contributed by atoms with Crippen LogP contribution in [0.2, 0.25) is 0 Å². The lowest BCUT2D eigenvalue weighted by molar-refractivity contribution is 0.0691. The Morgan fingerprint density at radius 2 is 2.05 bits per heavy atom. The molecule has 0 unspecified atom stereocenters. The highest BCUT2D eigenvalue weighted by molar-refractivity contribution is 5.66. The smallest absolute Gasteiger partial charge is 0.242 e. The van der Waals surface area contributed by atoms with Crippen molar-refractivity contribution < 1.29 is 14.2 Å². The Hall–Kier alpha value is -1.60. The Kier molecular flexibility index (Phi) is 8.41. The number of anilines is 2. The van der Waals surface area contributed by atoms with Gasteiger partial charge in [0, 0.05) is 20.3 Å². The molecule has 3 N–H and O–H groups in total. The minimum atomic E-state index is 0.424. The van der Waals surface area contributed by atoms with Crippen LogP contribution in [-0.2, 0) is 9.47 Å². The van der Waals surface area contributed by atoms with Crippen molar-refractivity contribution >= 4 is 11.5 Å². The number of aromatic nitrogens is 2. The second-order valence-corrected chi connectivity index (χ2v) is 4.11. The molecule has 0 saturated carbocycles.